The van der Waals surface area contributed by atoms with Crippen LogP contribution in [0.5, 0.6) is 0 Å². The number of morpholine rings is 1. The first-order valence-electron chi connectivity index (χ1n) is 6.21. The van der Waals surface area contributed by atoms with Crippen LogP contribution in [0.1, 0.15) is 10.4 Å². The van der Waals surface area contributed by atoms with Gasteiger partial charge in [0, 0.05) is 20.1 Å². The van der Waals surface area contributed by atoms with E-state index in [2.05, 4.69) is 10.0 Å². The van der Waals surface area contributed by atoms with Crippen LogP contribution >= 0.6 is 0 Å². The molecule has 2 N–H and O–H groups in total. The van der Waals surface area contributed by atoms with Gasteiger partial charge in [-0.1, -0.05) is 12.1 Å². The second-order valence-corrected chi connectivity index (χ2v) is 5.91. The molecule has 20 heavy (non-hydrogen) atoms. The molecule has 1 heterocycles. The van der Waals surface area contributed by atoms with E-state index in [0.717, 1.165) is 0 Å². The number of ether oxygens (including phenoxy) is 1. The molecule has 1 aromatic carbocycles. The number of carbonyl (C=O) groups excluding carboxylic acids is 1. The molecule has 7 nitrogen and oxygen atoms in total. The topological polar surface area (TPSA) is 87.7 Å². The van der Waals surface area contributed by atoms with Gasteiger partial charge in [-0.05, 0) is 12.1 Å². The maximum absolute atomic E-state index is 12.2. The normalized spacial score (nSPS) is 16.6. The number of nitrogens with one attached hydrogen (secondary N) is 2. The Labute approximate surface area is 118 Å². The Morgan fingerprint density at radius 1 is 1.25 bits per heavy atom. The highest BCUT2D eigenvalue weighted by Crippen LogP contribution is 2.18. The van der Waals surface area contributed by atoms with E-state index in [0.29, 0.717) is 26.3 Å². The van der Waals surface area contributed by atoms with Crippen molar-refractivity contribution in [3.05, 3.63) is 29.8 Å². The lowest BCUT2D eigenvalue weighted by Gasteiger charge is -2.26. The largest absolute Gasteiger partial charge is 0.379 e. The molecule has 1 aromatic rings. The molecule has 1 amide bonds. The van der Waals surface area contributed by atoms with Crippen LogP contribution in [0, 0.1) is 0 Å². The first kappa shape index (κ1) is 14.8. The predicted molar refractivity (Wildman–Crippen MR) is 74.8 cm³/mol. The Bertz CT molecular complexity index is 582. The summed E-state index contributed by atoms with van der Waals surface area (Å²) in [4.78, 5) is 11.7. The van der Waals surface area contributed by atoms with Crippen molar-refractivity contribution >= 4 is 21.8 Å². The number of rotatable bonds is 4. The van der Waals surface area contributed by atoms with Crippen molar-refractivity contribution in [2.75, 3.05) is 38.1 Å². The molecular formula is C12H17N3O4S. The van der Waals surface area contributed by atoms with Crippen molar-refractivity contribution < 1.29 is 17.9 Å². The van der Waals surface area contributed by atoms with Gasteiger partial charge in [-0.2, -0.15) is 12.7 Å². The van der Waals surface area contributed by atoms with Gasteiger partial charge in [-0.15, -0.1) is 0 Å². The zero-order valence-corrected chi connectivity index (χ0v) is 11.9. The van der Waals surface area contributed by atoms with E-state index in [-0.39, 0.29) is 17.2 Å². The molecule has 1 aliphatic rings. The molecule has 0 radical (unpaired) electrons. The number of benzene rings is 1. The van der Waals surface area contributed by atoms with Crippen molar-refractivity contribution in [3.8, 4) is 0 Å². The fourth-order valence-electron chi connectivity index (χ4n) is 1.90. The lowest BCUT2D eigenvalue weighted by molar-refractivity contribution is 0.0733. The fraction of sp³-hybridized carbons (Fsp3) is 0.417. The van der Waals surface area contributed by atoms with E-state index in [9.17, 15) is 13.2 Å². The average Bonchev–Trinajstić information content (AvgIpc) is 2.47. The first-order chi connectivity index (χ1) is 9.54. The summed E-state index contributed by atoms with van der Waals surface area (Å²) in [6, 6.07) is 6.47. The molecule has 0 bridgehead atoms. The van der Waals surface area contributed by atoms with Gasteiger partial charge >= 0.3 is 10.2 Å². The number of hydrogen-bond acceptors (Lipinski definition) is 4. The molecule has 1 aliphatic heterocycles. The minimum Gasteiger partial charge on any atom is -0.379 e. The van der Waals surface area contributed by atoms with E-state index in [1.54, 1.807) is 24.3 Å². The van der Waals surface area contributed by atoms with E-state index < -0.39 is 10.2 Å². The Hall–Kier alpha value is -1.64. The molecular weight excluding hydrogens is 282 g/mol. The van der Waals surface area contributed by atoms with Crippen LogP contribution in [0.2, 0.25) is 0 Å². The Balaban J connectivity index is 2.23. The third-order valence-corrected chi connectivity index (χ3v) is 4.47. The maximum Gasteiger partial charge on any atom is 0.301 e. The summed E-state index contributed by atoms with van der Waals surface area (Å²) in [7, 11) is -2.18. The smallest absolute Gasteiger partial charge is 0.301 e. The number of para-hydroxylation sites is 1. The lowest BCUT2D eigenvalue weighted by Crippen LogP contribution is -2.43. The van der Waals surface area contributed by atoms with Crippen molar-refractivity contribution in [2.24, 2.45) is 0 Å². The van der Waals surface area contributed by atoms with Crippen LogP contribution < -0.4 is 10.0 Å². The summed E-state index contributed by atoms with van der Waals surface area (Å²) in [5, 5.41) is 2.48. The van der Waals surface area contributed by atoms with Crippen LogP contribution in [0.3, 0.4) is 0 Å². The number of anilines is 1. The van der Waals surface area contributed by atoms with Crippen LogP contribution in [-0.2, 0) is 14.9 Å². The van der Waals surface area contributed by atoms with Gasteiger partial charge in [0.15, 0.2) is 0 Å². The number of carbonyl (C=O) groups is 1. The third kappa shape index (κ3) is 3.27. The molecule has 1 saturated heterocycles. The van der Waals surface area contributed by atoms with Gasteiger partial charge in [0.25, 0.3) is 5.91 Å². The molecule has 0 aliphatic carbocycles. The molecule has 110 valence electrons. The molecule has 2 rings (SSSR count). The number of hydrogen-bond donors (Lipinski definition) is 2. The van der Waals surface area contributed by atoms with E-state index in [1.165, 1.54) is 11.4 Å². The van der Waals surface area contributed by atoms with E-state index in [1.807, 2.05) is 0 Å². The molecule has 8 heteroatoms. The van der Waals surface area contributed by atoms with Gasteiger partial charge in [0.05, 0.1) is 24.5 Å². The van der Waals surface area contributed by atoms with Crippen LogP contribution in [0.25, 0.3) is 0 Å². The minimum absolute atomic E-state index is 0.262. The molecule has 0 unspecified atom stereocenters. The van der Waals surface area contributed by atoms with Gasteiger partial charge in [-0.25, -0.2) is 0 Å². The van der Waals surface area contributed by atoms with Gasteiger partial charge in [0.1, 0.15) is 0 Å². The lowest BCUT2D eigenvalue weighted by atomic mass is 10.2. The van der Waals surface area contributed by atoms with Crippen molar-refractivity contribution in [2.45, 2.75) is 0 Å². The SMILES string of the molecule is CNC(=O)c1ccccc1NS(=O)(=O)N1CCOCC1. The highest BCUT2D eigenvalue weighted by molar-refractivity contribution is 7.90. The predicted octanol–water partition coefficient (Wildman–Crippen LogP) is 0.0351. The fourth-order valence-corrected chi connectivity index (χ4v) is 3.11. The summed E-state index contributed by atoms with van der Waals surface area (Å²) < 4.78 is 33.4. The Kier molecular flexibility index (Phi) is 4.58. The Morgan fingerprint density at radius 3 is 2.55 bits per heavy atom. The van der Waals surface area contributed by atoms with Gasteiger partial charge < -0.3 is 10.1 Å². The summed E-state index contributed by atoms with van der Waals surface area (Å²) in [5.41, 5.74) is 0.546. The summed E-state index contributed by atoms with van der Waals surface area (Å²) in [6.45, 7) is 1.35. The molecule has 0 aromatic heterocycles. The maximum atomic E-state index is 12.2. The highest BCUT2D eigenvalue weighted by Gasteiger charge is 2.25. The number of nitrogens with zero attached hydrogens (tertiary/aromatic N) is 1. The zero-order chi connectivity index (χ0) is 14.6. The van der Waals surface area contributed by atoms with Crippen LogP contribution in [0.15, 0.2) is 24.3 Å². The minimum atomic E-state index is -3.68. The second-order valence-electron chi connectivity index (χ2n) is 4.24. The Morgan fingerprint density at radius 2 is 1.90 bits per heavy atom. The van der Waals surface area contributed by atoms with Crippen LogP contribution in [-0.4, -0.2) is 52.0 Å². The van der Waals surface area contributed by atoms with E-state index >= 15 is 0 Å². The molecule has 0 spiro atoms. The first-order valence-corrected chi connectivity index (χ1v) is 7.65. The number of amides is 1. The van der Waals surface area contributed by atoms with Gasteiger partial charge in [0.2, 0.25) is 0 Å². The quantitative estimate of drug-likeness (QED) is 0.821. The second kappa shape index (κ2) is 6.21. The van der Waals surface area contributed by atoms with Crippen molar-refractivity contribution in [3.63, 3.8) is 0 Å². The molecule has 0 atom stereocenters. The zero-order valence-electron chi connectivity index (χ0n) is 11.1. The summed E-state index contributed by atoms with van der Waals surface area (Å²) in [5.74, 6) is -0.342. The average molecular weight is 299 g/mol. The molecule has 1 fully saturated rings. The van der Waals surface area contributed by atoms with Crippen molar-refractivity contribution in [1.29, 1.82) is 0 Å². The third-order valence-electron chi connectivity index (χ3n) is 2.95. The van der Waals surface area contributed by atoms with Crippen LogP contribution in [0.4, 0.5) is 5.69 Å². The van der Waals surface area contributed by atoms with Gasteiger partial charge in [-0.3, -0.25) is 9.52 Å². The highest BCUT2D eigenvalue weighted by atomic mass is 32.2. The van der Waals surface area contributed by atoms with E-state index in [4.69, 9.17) is 4.74 Å². The van der Waals surface area contributed by atoms with Crippen molar-refractivity contribution in [1.82, 2.24) is 9.62 Å². The monoisotopic (exact) mass is 299 g/mol. The molecule has 0 saturated carbocycles. The standard InChI is InChI=1S/C12H17N3O4S/c1-13-12(16)10-4-2-3-5-11(10)14-20(17,18)15-6-8-19-9-7-15/h2-5,14H,6-9H2,1H3,(H,13,16). The summed E-state index contributed by atoms with van der Waals surface area (Å²) >= 11 is 0. The summed E-state index contributed by atoms with van der Waals surface area (Å²) in [6.07, 6.45) is 0.